The third-order valence-electron chi connectivity index (χ3n) is 4.18. The van der Waals surface area contributed by atoms with Gasteiger partial charge in [-0.05, 0) is 52.7 Å². The van der Waals surface area contributed by atoms with Crippen molar-refractivity contribution in [3.05, 3.63) is 45.9 Å². The highest BCUT2D eigenvalue weighted by Crippen LogP contribution is 2.35. The molecule has 30 heavy (non-hydrogen) atoms. The van der Waals surface area contributed by atoms with E-state index in [2.05, 4.69) is 33.7 Å². The standard InChI is InChI=1S/C21H25BrN2O6/c1-5-6-9-30-15-8-7-13(10-16(15)27-2)20(25)23-24-21(26)14-11-17(28-3)19(22)18(12-14)29-4/h7-8,10-12H,5-6,9H2,1-4H3,(H,23,25)(H,24,26). The molecule has 9 heteroatoms. The van der Waals surface area contributed by atoms with E-state index in [0.29, 0.717) is 39.6 Å². The summed E-state index contributed by atoms with van der Waals surface area (Å²) in [5, 5.41) is 0. The van der Waals surface area contributed by atoms with Crippen LogP contribution in [0.1, 0.15) is 40.5 Å². The van der Waals surface area contributed by atoms with Gasteiger partial charge in [0.25, 0.3) is 11.8 Å². The minimum absolute atomic E-state index is 0.254. The first kappa shape index (κ1) is 23.3. The summed E-state index contributed by atoms with van der Waals surface area (Å²) < 4.78 is 22.0. The molecule has 8 nitrogen and oxygen atoms in total. The summed E-state index contributed by atoms with van der Waals surface area (Å²) in [5.41, 5.74) is 5.32. The first-order chi connectivity index (χ1) is 14.4. The van der Waals surface area contributed by atoms with Crippen LogP contribution in [-0.4, -0.2) is 39.8 Å². The number of ether oxygens (including phenoxy) is 4. The summed E-state index contributed by atoms with van der Waals surface area (Å²) in [5.74, 6) is 0.813. The number of methoxy groups -OCH3 is 3. The molecule has 0 spiro atoms. The molecule has 0 saturated heterocycles. The van der Waals surface area contributed by atoms with Gasteiger partial charge in [-0.2, -0.15) is 0 Å². The average Bonchev–Trinajstić information content (AvgIpc) is 2.77. The molecule has 0 saturated carbocycles. The van der Waals surface area contributed by atoms with Gasteiger partial charge in [-0.15, -0.1) is 0 Å². The molecular weight excluding hydrogens is 456 g/mol. The Labute approximate surface area is 183 Å². The lowest BCUT2D eigenvalue weighted by molar-refractivity contribution is 0.0846. The van der Waals surface area contributed by atoms with E-state index in [4.69, 9.17) is 18.9 Å². The van der Waals surface area contributed by atoms with Gasteiger partial charge in [-0.25, -0.2) is 0 Å². The molecule has 162 valence electrons. The fraction of sp³-hybridized carbons (Fsp3) is 0.333. The maximum Gasteiger partial charge on any atom is 0.269 e. The number of carbonyl (C=O) groups is 2. The lowest BCUT2D eigenvalue weighted by Gasteiger charge is -2.13. The molecule has 0 unspecified atom stereocenters. The van der Waals surface area contributed by atoms with Crippen molar-refractivity contribution in [2.24, 2.45) is 0 Å². The van der Waals surface area contributed by atoms with E-state index in [9.17, 15) is 9.59 Å². The molecule has 0 aliphatic heterocycles. The van der Waals surface area contributed by atoms with Crippen molar-refractivity contribution >= 4 is 27.7 Å². The number of hydrazine groups is 1. The van der Waals surface area contributed by atoms with Crippen molar-refractivity contribution in [2.45, 2.75) is 19.8 Å². The van der Waals surface area contributed by atoms with Crippen molar-refractivity contribution in [3.8, 4) is 23.0 Å². The van der Waals surface area contributed by atoms with Crippen LogP contribution < -0.4 is 29.8 Å². The second-order valence-electron chi connectivity index (χ2n) is 6.17. The summed E-state index contributed by atoms with van der Waals surface area (Å²) in [6, 6.07) is 7.86. The smallest absolute Gasteiger partial charge is 0.269 e. The van der Waals surface area contributed by atoms with Gasteiger partial charge in [0.15, 0.2) is 11.5 Å². The Morgan fingerprint density at radius 2 is 1.37 bits per heavy atom. The molecule has 2 rings (SSSR count). The summed E-state index contributed by atoms with van der Waals surface area (Å²) in [6.07, 6.45) is 1.93. The minimum Gasteiger partial charge on any atom is -0.495 e. The van der Waals surface area contributed by atoms with Crippen LogP contribution in [0.4, 0.5) is 0 Å². The van der Waals surface area contributed by atoms with Crippen LogP contribution in [0.2, 0.25) is 0 Å². The zero-order chi connectivity index (χ0) is 22.1. The Kier molecular flexibility index (Phi) is 8.79. The van der Waals surface area contributed by atoms with Crippen LogP contribution >= 0.6 is 15.9 Å². The molecule has 0 radical (unpaired) electrons. The van der Waals surface area contributed by atoms with Gasteiger partial charge >= 0.3 is 0 Å². The van der Waals surface area contributed by atoms with Gasteiger partial charge in [0, 0.05) is 11.1 Å². The quantitative estimate of drug-likeness (QED) is 0.419. The average molecular weight is 481 g/mol. The van der Waals surface area contributed by atoms with E-state index in [1.54, 1.807) is 18.2 Å². The van der Waals surface area contributed by atoms with E-state index in [1.807, 2.05) is 0 Å². The van der Waals surface area contributed by atoms with E-state index >= 15 is 0 Å². The number of hydrogen-bond donors (Lipinski definition) is 2. The maximum atomic E-state index is 12.5. The second kappa shape index (κ2) is 11.3. The van der Waals surface area contributed by atoms with Crippen LogP contribution in [0, 0.1) is 0 Å². The molecule has 0 aromatic heterocycles. The first-order valence-corrected chi connectivity index (χ1v) is 10.1. The Bertz CT molecular complexity index is 878. The number of unbranched alkanes of at least 4 members (excludes halogenated alkanes) is 1. The van der Waals surface area contributed by atoms with Crippen molar-refractivity contribution in [2.75, 3.05) is 27.9 Å². The van der Waals surface area contributed by atoms with Crippen LogP contribution in [0.15, 0.2) is 34.8 Å². The summed E-state index contributed by atoms with van der Waals surface area (Å²) in [6.45, 7) is 2.64. The third kappa shape index (κ3) is 5.79. The summed E-state index contributed by atoms with van der Waals surface area (Å²) in [4.78, 5) is 24.9. The van der Waals surface area contributed by atoms with Gasteiger partial charge in [0.2, 0.25) is 0 Å². The van der Waals surface area contributed by atoms with Crippen LogP contribution in [0.3, 0.4) is 0 Å². The molecule has 0 aliphatic rings. The Balaban J connectivity index is 2.07. The van der Waals surface area contributed by atoms with Crippen molar-refractivity contribution < 1.29 is 28.5 Å². The van der Waals surface area contributed by atoms with Gasteiger partial charge < -0.3 is 18.9 Å². The van der Waals surface area contributed by atoms with Crippen molar-refractivity contribution in [1.29, 1.82) is 0 Å². The van der Waals surface area contributed by atoms with E-state index in [1.165, 1.54) is 33.5 Å². The largest absolute Gasteiger partial charge is 0.495 e. The van der Waals surface area contributed by atoms with Gasteiger partial charge in [0.1, 0.15) is 16.0 Å². The molecule has 0 fully saturated rings. The topological polar surface area (TPSA) is 95.1 Å². The predicted molar refractivity (Wildman–Crippen MR) is 116 cm³/mol. The van der Waals surface area contributed by atoms with E-state index in [-0.39, 0.29) is 5.56 Å². The molecule has 0 aliphatic carbocycles. The Morgan fingerprint density at radius 3 is 1.90 bits per heavy atom. The lowest BCUT2D eigenvalue weighted by atomic mass is 10.2. The van der Waals surface area contributed by atoms with Gasteiger partial charge in [-0.1, -0.05) is 13.3 Å². The molecule has 0 heterocycles. The third-order valence-corrected chi connectivity index (χ3v) is 4.96. The summed E-state index contributed by atoms with van der Waals surface area (Å²) >= 11 is 3.34. The highest BCUT2D eigenvalue weighted by atomic mass is 79.9. The highest BCUT2D eigenvalue weighted by molar-refractivity contribution is 9.10. The number of amides is 2. The number of rotatable bonds is 9. The predicted octanol–water partition coefficient (Wildman–Crippen LogP) is 3.73. The number of nitrogens with one attached hydrogen (secondary N) is 2. The molecule has 2 aromatic rings. The highest BCUT2D eigenvalue weighted by Gasteiger charge is 2.16. The molecular formula is C21H25BrN2O6. The van der Waals surface area contributed by atoms with Crippen LogP contribution in [0.25, 0.3) is 0 Å². The fourth-order valence-corrected chi connectivity index (χ4v) is 3.07. The SMILES string of the molecule is CCCCOc1ccc(C(=O)NNC(=O)c2cc(OC)c(Br)c(OC)c2)cc1OC. The Hall–Kier alpha value is -2.94. The number of hydrogen-bond acceptors (Lipinski definition) is 6. The molecule has 0 bridgehead atoms. The number of halogens is 1. The van der Waals surface area contributed by atoms with E-state index in [0.717, 1.165) is 12.8 Å². The monoisotopic (exact) mass is 480 g/mol. The van der Waals surface area contributed by atoms with Crippen LogP contribution in [-0.2, 0) is 0 Å². The fourth-order valence-electron chi connectivity index (χ4n) is 2.51. The zero-order valence-corrected chi connectivity index (χ0v) is 18.9. The Morgan fingerprint density at radius 1 is 0.833 bits per heavy atom. The molecule has 2 amide bonds. The van der Waals surface area contributed by atoms with E-state index < -0.39 is 11.8 Å². The minimum atomic E-state index is -0.529. The first-order valence-electron chi connectivity index (χ1n) is 9.28. The maximum absolute atomic E-state index is 12.5. The normalized spacial score (nSPS) is 10.2. The lowest BCUT2D eigenvalue weighted by Crippen LogP contribution is -2.41. The number of benzene rings is 2. The van der Waals surface area contributed by atoms with Crippen molar-refractivity contribution in [1.82, 2.24) is 10.9 Å². The zero-order valence-electron chi connectivity index (χ0n) is 17.3. The number of carbonyl (C=O) groups excluding carboxylic acids is 2. The van der Waals surface area contributed by atoms with Gasteiger partial charge in [-0.3, -0.25) is 20.4 Å². The summed E-state index contributed by atoms with van der Waals surface area (Å²) in [7, 11) is 4.46. The van der Waals surface area contributed by atoms with Gasteiger partial charge in [0.05, 0.1) is 27.9 Å². The molecule has 2 aromatic carbocycles. The van der Waals surface area contributed by atoms with Crippen molar-refractivity contribution in [3.63, 3.8) is 0 Å². The second-order valence-corrected chi connectivity index (χ2v) is 6.96. The molecule has 0 atom stereocenters. The molecule has 2 N–H and O–H groups in total. The van der Waals surface area contributed by atoms with Crippen LogP contribution in [0.5, 0.6) is 23.0 Å².